The lowest BCUT2D eigenvalue weighted by Gasteiger charge is -2.17. The lowest BCUT2D eigenvalue weighted by Crippen LogP contribution is -2.29. The molecule has 0 bridgehead atoms. The van der Waals surface area contributed by atoms with E-state index < -0.39 is 11.8 Å². The molecule has 2 aromatic carbocycles. The average Bonchev–Trinajstić information content (AvgIpc) is 2.67. The second-order valence-corrected chi connectivity index (χ2v) is 6.40. The van der Waals surface area contributed by atoms with Gasteiger partial charge in [0.05, 0.1) is 20.3 Å². The first kappa shape index (κ1) is 22.1. The van der Waals surface area contributed by atoms with E-state index in [1.54, 1.807) is 61.3 Å². The zero-order valence-corrected chi connectivity index (χ0v) is 16.8. The highest BCUT2D eigenvalue weighted by Crippen LogP contribution is 2.18. The van der Waals surface area contributed by atoms with Gasteiger partial charge in [-0.2, -0.15) is 0 Å². The second-order valence-electron chi connectivity index (χ2n) is 6.40. The molecule has 0 aliphatic heterocycles. The maximum atomic E-state index is 13.8. The molecule has 0 fully saturated rings. The highest BCUT2D eigenvalue weighted by Gasteiger charge is 2.10. The van der Waals surface area contributed by atoms with Crippen LogP contribution in [-0.2, 0) is 20.9 Å². The van der Waals surface area contributed by atoms with E-state index in [1.165, 1.54) is 19.3 Å². The third kappa shape index (κ3) is 7.38. The number of rotatable bonds is 9. The quantitative estimate of drug-likeness (QED) is 0.516. The van der Waals surface area contributed by atoms with E-state index in [-0.39, 0.29) is 18.2 Å². The predicted octanol–water partition coefficient (Wildman–Crippen LogP) is 3.48. The van der Waals surface area contributed by atoms with Crippen LogP contribution in [0.1, 0.15) is 18.1 Å². The molecule has 2 aromatic rings. The third-order valence-electron chi connectivity index (χ3n) is 3.98. The number of amides is 1. The first-order valence-electron chi connectivity index (χ1n) is 9.17. The molecule has 0 aliphatic carbocycles. The fourth-order valence-electron chi connectivity index (χ4n) is 2.65. The van der Waals surface area contributed by atoms with Crippen LogP contribution < -0.4 is 10.1 Å². The largest absolute Gasteiger partial charge is 0.494 e. The topological polar surface area (TPSA) is 67.9 Å². The summed E-state index contributed by atoms with van der Waals surface area (Å²) in [4.78, 5) is 25.3. The summed E-state index contributed by atoms with van der Waals surface area (Å²) < 4.78 is 23.5. The number of esters is 1. The zero-order valence-electron chi connectivity index (χ0n) is 16.8. The van der Waals surface area contributed by atoms with Gasteiger partial charge in [-0.15, -0.1) is 0 Å². The van der Waals surface area contributed by atoms with Gasteiger partial charge in [-0.3, -0.25) is 9.69 Å². The molecule has 7 heteroatoms. The van der Waals surface area contributed by atoms with Crippen LogP contribution in [0.5, 0.6) is 5.75 Å². The summed E-state index contributed by atoms with van der Waals surface area (Å²) in [7, 11) is 3.20. The molecule has 0 aromatic heterocycles. The van der Waals surface area contributed by atoms with Crippen LogP contribution >= 0.6 is 0 Å². The summed E-state index contributed by atoms with van der Waals surface area (Å²) in [5.41, 5.74) is 2.21. The monoisotopic (exact) mass is 400 g/mol. The third-order valence-corrected chi connectivity index (χ3v) is 3.98. The fraction of sp³-hybridized carbons (Fsp3) is 0.273. The maximum Gasteiger partial charge on any atom is 0.330 e. The van der Waals surface area contributed by atoms with Gasteiger partial charge in [0.2, 0.25) is 5.91 Å². The molecule has 154 valence electrons. The Kier molecular flexibility index (Phi) is 8.36. The number of nitrogens with one attached hydrogen (secondary N) is 1. The number of halogens is 1. The van der Waals surface area contributed by atoms with E-state index in [9.17, 15) is 14.0 Å². The minimum Gasteiger partial charge on any atom is -0.494 e. The molecule has 0 spiro atoms. The number of likely N-dealkylation sites (N-methyl/N-ethyl adjacent to an activating group) is 1. The van der Waals surface area contributed by atoms with Gasteiger partial charge in [0.1, 0.15) is 0 Å². The predicted molar refractivity (Wildman–Crippen MR) is 110 cm³/mol. The van der Waals surface area contributed by atoms with Gasteiger partial charge in [0.25, 0.3) is 0 Å². The number of carbonyl (C=O) groups is 2. The van der Waals surface area contributed by atoms with Crippen molar-refractivity contribution in [1.82, 2.24) is 4.90 Å². The summed E-state index contributed by atoms with van der Waals surface area (Å²) in [5, 5.41) is 2.81. The SMILES string of the molecule is CCOC(=O)/C=C/c1ccc(NC(=O)CN(C)Cc2ccc(OC)c(F)c2)cc1. The van der Waals surface area contributed by atoms with Crippen molar-refractivity contribution in [2.24, 2.45) is 0 Å². The number of hydrogen-bond donors (Lipinski definition) is 1. The molecule has 6 nitrogen and oxygen atoms in total. The second kappa shape index (κ2) is 11.0. The molecule has 0 radical (unpaired) electrons. The Morgan fingerprint density at radius 2 is 1.90 bits per heavy atom. The Morgan fingerprint density at radius 3 is 2.52 bits per heavy atom. The normalized spacial score (nSPS) is 10.9. The molecule has 0 unspecified atom stereocenters. The number of methoxy groups -OCH3 is 1. The molecule has 0 saturated heterocycles. The minimum absolute atomic E-state index is 0.151. The minimum atomic E-state index is -0.431. The van der Waals surface area contributed by atoms with Gasteiger partial charge in [0.15, 0.2) is 11.6 Å². The van der Waals surface area contributed by atoms with E-state index in [4.69, 9.17) is 9.47 Å². The van der Waals surface area contributed by atoms with Crippen molar-refractivity contribution in [3.8, 4) is 5.75 Å². The molecule has 0 aliphatic rings. The summed E-state index contributed by atoms with van der Waals surface area (Å²) in [6.07, 6.45) is 3.00. The van der Waals surface area contributed by atoms with E-state index in [1.807, 2.05) is 0 Å². The Balaban J connectivity index is 1.85. The highest BCUT2D eigenvalue weighted by atomic mass is 19.1. The Morgan fingerprint density at radius 1 is 1.17 bits per heavy atom. The van der Waals surface area contributed by atoms with Crippen LogP contribution in [0.15, 0.2) is 48.5 Å². The van der Waals surface area contributed by atoms with Crippen molar-refractivity contribution in [3.63, 3.8) is 0 Å². The first-order valence-corrected chi connectivity index (χ1v) is 9.17. The first-order chi connectivity index (χ1) is 13.9. The van der Waals surface area contributed by atoms with Crippen molar-refractivity contribution >= 4 is 23.6 Å². The van der Waals surface area contributed by atoms with E-state index in [2.05, 4.69) is 5.32 Å². The summed E-state index contributed by atoms with van der Waals surface area (Å²) >= 11 is 0. The average molecular weight is 400 g/mol. The number of ether oxygens (including phenoxy) is 2. The van der Waals surface area contributed by atoms with Crippen LogP contribution in [0.2, 0.25) is 0 Å². The van der Waals surface area contributed by atoms with Gasteiger partial charge in [-0.1, -0.05) is 18.2 Å². The summed E-state index contributed by atoms with van der Waals surface area (Å²) in [6.45, 7) is 2.65. The van der Waals surface area contributed by atoms with Crippen LogP contribution in [0.3, 0.4) is 0 Å². The highest BCUT2D eigenvalue weighted by molar-refractivity contribution is 5.92. The Labute approximate surface area is 169 Å². The smallest absolute Gasteiger partial charge is 0.330 e. The molecule has 0 atom stereocenters. The fourth-order valence-corrected chi connectivity index (χ4v) is 2.65. The lowest BCUT2D eigenvalue weighted by atomic mass is 10.2. The number of benzene rings is 2. The Hall–Kier alpha value is -3.19. The van der Waals surface area contributed by atoms with E-state index in [0.717, 1.165) is 11.1 Å². The van der Waals surface area contributed by atoms with Gasteiger partial charge in [0, 0.05) is 18.3 Å². The molecule has 0 saturated carbocycles. The molecule has 1 N–H and O–H groups in total. The van der Waals surface area contributed by atoms with Gasteiger partial charge in [-0.25, -0.2) is 9.18 Å². The molecule has 2 rings (SSSR count). The van der Waals surface area contributed by atoms with Crippen LogP contribution in [0, 0.1) is 5.82 Å². The molecule has 29 heavy (non-hydrogen) atoms. The van der Waals surface area contributed by atoms with Crippen LogP contribution in [0.4, 0.5) is 10.1 Å². The lowest BCUT2D eigenvalue weighted by molar-refractivity contribution is -0.137. The number of carbonyl (C=O) groups excluding carboxylic acids is 2. The molecule has 1 amide bonds. The van der Waals surface area contributed by atoms with Crippen molar-refractivity contribution in [2.75, 3.05) is 32.6 Å². The van der Waals surface area contributed by atoms with Crippen LogP contribution in [0.25, 0.3) is 6.08 Å². The van der Waals surface area contributed by atoms with Gasteiger partial charge < -0.3 is 14.8 Å². The Bertz CT molecular complexity index is 866. The summed E-state index contributed by atoms with van der Waals surface area (Å²) in [6, 6.07) is 11.8. The van der Waals surface area contributed by atoms with Crippen LogP contribution in [-0.4, -0.2) is 44.1 Å². The maximum absolute atomic E-state index is 13.8. The standard InChI is InChI=1S/C22H25FN2O4/c1-4-29-22(27)12-8-16-5-9-18(10-6-16)24-21(26)15-25(2)14-17-7-11-20(28-3)19(23)13-17/h5-13H,4,14-15H2,1-3H3,(H,24,26)/b12-8+. The number of hydrogen-bond acceptors (Lipinski definition) is 5. The van der Waals surface area contributed by atoms with Crippen molar-refractivity contribution < 1.29 is 23.5 Å². The molecular weight excluding hydrogens is 375 g/mol. The van der Waals surface area contributed by atoms with Crippen molar-refractivity contribution in [3.05, 3.63) is 65.5 Å². The van der Waals surface area contributed by atoms with Crippen molar-refractivity contribution in [1.29, 1.82) is 0 Å². The molecule has 0 heterocycles. The van der Waals surface area contributed by atoms with Crippen molar-refractivity contribution in [2.45, 2.75) is 13.5 Å². The summed E-state index contributed by atoms with van der Waals surface area (Å²) in [5.74, 6) is -0.824. The zero-order chi connectivity index (χ0) is 21.2. The van der Waals surface area contributed by atoms with Gasteiger partial charge >= 0.3 is 5.97 Å². The van der Waals surface area contributed by atoms with Gasteiger partial charge in [-0.05, 0) is 55.4 Å². The number of anilines is 1. The van der Waals surface area contributed by atoms with E-state index >= 15 is 0 Å². The van der Waals surface area contributed by atoms with E-state index in [0.29, 0.717) is 18.8 Å². The molecular formula is C22H25FN2O4. The number of nitrogens with zero attached hydrogens (tertiary/aromatic N) is 1.